The first kappa shape index (κ1) is 10.2. The molecule has 1 rings (SSSR count). The summed E-state index contributed by atoms with van der Waals surface area (Å²) in [6.45, 7) is 5.34. The van der Waals surface area contributed by atoms with Crippen LogP contribution in [0.15, 0.2) is 12.2 Å². The van der Waals surface area contributed by atoms with Gasteiger partial charge in [0, 0.05) is 19.2 Å². The highest BCUT2D eigenvalue weighted by Gasteiger charge is 2.11. The van der Waals surface area contributed by atoms with E-state index in [0.717, 1.165) is 19.7 Å². The number of rotatable bonds is 4. The van der Waals surface area contributed by atoms with E-state index >= 15 is 0 Å². The normalized spacial score (nSPS) is 18.2. The second-order valence-electron chi connectivity index (χ2n) is 2.82. The van der Waals surface area contributed by atoms with Gasteiger partial charge in [0.15, 0.2) is 0 Å². The highest BCUT2D eigenvalue weighted by molar-refractivity contribution is 5.81. The van der Waals surface area contributed by atoms with Gasteiger partial charge in [0.25, 0.3) is 0 Å². The summed E-state index contributed by atoms with van der Waals surface area (Å²) in [6.07, 6.45) is 3.09. The Balaban J connectivity index is 2.02. The molecular formula is C9H15NO3. The Kier molecular flexibility index (Phi) is 4.49. The summed E-state index contributed by atoms with van der Waals surface area (Å²) < 4.78 is 10.1. The van der Waals surface area contributed by atoms with E-state index in [0.29, 0.717) is 13.3 Å². The van der Waals surface area contributed by atoms with Crippen molar-refractivity contribution in [3.05, 3.63) is 12.2 Å². The average Bonchev–Trinajstić information content (AvgIpc) is 2.57. The van der Waals surface area contributed by atoms with Crippen molar-refractivity contribution in [2.45, 2.75) is 6.92 Å². The van der Waals surface area contributed by atoms with Crippen molar-refractivity contribution in [3.8, 4) is 0 Å². The summed E-state index contributed by atoms with van der Waals surface area (Å²) >= 11 is 0. The Morgan fingerprint density at radius 1 is 1.69 bits per heavy atom. The van der Waals surface area contributed by atoms with Crippen molar-refractivity contribution in [1.29, 1.82) is 0 Å². The Bertz CT molecular complexity index is 185. The van der Waals surface area contributed by atoms with Crippen LogP contribution in [0.2, 0.25) is 0 Å². The minimum absolute atomic E-state index is 0.275. The van der Waals surface area contributed by atoms with Crippen molar-refractivity contribution in [2.24, 2.45) is 0 Å². The van der Waals surface area contributed by atoms with Crippen LogP contribution < -0.4 is 0 Å². The Morgan fingerprint density at radius 2 is 2.54 bits per heavy atom. The smallest absolute Gasteiger partial charge is 0.330 e. The molecule has 1 saturated heterocycles. The lowest BCUT2D eigenvalue weighted by molar-refractivity contribution is -0.138. The largest absolute Gasteiger partial charge is 0.461 e. The molecule has 74 valence electrons. The van der Waals surface area contributed by atoms with E-state index in [1.54, 1.807) is 13.0 Å². The van der Waals surface area contributed by atoms with Crippen LogP contribution in [0.3, 0.4) is 0 Å². The molecule has 0 unspecified atom stereocenters. The Labute approximate surface area is 78.1 Å². The highest BCUT2D eigenvalue weighted by atomic mass is 16.5. The number of hydrogen-bond donors (Lipinski definition) is 0. The van der Waals surface area contributed by atoms with E-state index in [2.05, 4.69) is 4.90 Å². The summed E-state index contributed by atoms with van der Waals surface area (Å²) in [5.74, 6) is -0.275. The second kappa shape index (κ2) is 5.72. The lowest BCUT2D eigenvalue weighted by atomic mass is 10.5. The van der Waals surface area contributed by atoms with Crippen LogP contribution in [0.4, 0.5) is 0 Å². The van der Waals surface area contributed by atoms with Crippen LogP contribution >= 0.6 is 0 Å². The Morgan fingerprint density at radius 3 is 3.15 bits per heavy atom. The van der Waals surface area contributed by atoms with Gasteiger partial charge in [-0.1, -0.05) is 6.08 Å². The van der Waals surface area contributed by atoms with Gasteiger partial charge in [0.05, 0.1) is 13.3 Å². The summed E-state index contributed by atoms with van der Waals surface area (Å²) in [6, 6.07) is 0. The summed E-state index contributed by atoms with van der Waals surface area (Å²) in [5.41, 5.74) is 0. The number of ether oxygens (including phenoxy) is 2. The van der Waals surface area contributed by atoms with E-state index in [4.69, 9.17) is 9.47 Å². The molecule has 1 aliphatic heterocycles. The fourth-order valence-corrected chi connectivity index (χ4v) is 1.09. The van der Waals surface area contributed by atoms with Gasteiger partial charge in [0.2, 0.25) is 0 Å². The molecule has 4 nitrogen and oxygen atoms in total. The van der Waals surface area contributed by atoms with Gasteiger partial charge in [-0.25, -0.2) is 4.79 Å². The predicted molar refractivity (Wildman–Crippen MR) is 48.2 cm³/mol. The van der Waals surface area contributed by atoms with Crippen LogP contribution in [0.25, 0.3) is 0 Å². The molecule has 0 N–H and O–H groups in total. The third-order valence-corrected chi connectivity index (χ3v) is 1.78. The number of esters is 1. The molecule has 4 heteroatoms. The van der Waals surface area contributed by atoms with Gasteiger partial charge in [-0.3, -0.25) is 4.90 Å². The fourth-order valence-electron chi connectivity index (χ4n) is 1.09. The first-order valence-corrected chi connectivity index (χ1v) is 4.42. The first-order valence-electron chi connectivity index (χ1n) is 4.42. The maximum Gasteiger partial charge on any atom is 0.330 e. The molecule has 0 bridgehead atoms. The number of hydrogen-bond acceptors (Lipinski definition) is 4. The van der Waals surface area contributed by atoms with Gasteiger partial charge in [-0.05, 0) is 6.92 Å². The van der Waals surface area contributed by atoms with E-state index in [9.17, 15) is 4.79 Å². The Hall–Kier alpha value is -0.870. The predicted octanol–water partition coefficient (Wildman–Crippen LogP) is 0.395. The van der Waals surface area contributed by atoms with Gasteiger partial charge < -0.3 is 9.47 Å². The van der Waals surface area contributed by atoms with E-state index in [1.165, 1.54) is 6.08 Å². The molecule has 1 fully saturated rings. The van der Waals surface area contributed by atoms with Crippen LogP contribution in [0, 0.1) is 0 Å². The molecule has 0 aromatic carbocycles. The highest BCUT2D eigenvalue weighted by Crippen LogP contribution is 1.97. The van der Waals surface area contributed by atoms with Gasteiger partial charge in [-0.2, -0.15) is 0 Å². The van der Waals surface area contributed by atoms with Crippen molar-refractivity contribution >= 4 is 5.97 Å². The van der Waals surface area contributed by atoms with Crippen molar-refractivity contribution < 1.29 is 14.3 Å². The van der Waals surface area contributed by atoms with Crippen LogP contribution in [-0.4, -0.2) is 43.9 Å². The second-order valence-corrected chi connectivity index (χ2v) is 2.82. The molecule has 13 heavy (non-hydrogen) atoms. The molecule has 0 spiro atoms. The standard InChI is InChI=1S/C9H15NO3/c1-2-3-9(11)13-7-5-10-4-6-12-8-10/h2-3H,4-8H2,1H3/b3-2+. The lowest BCUT2D eigenvalue weighted by Crippen LogP contribution is -2.25. The van der Waals surface area contributed by atoms with Crippen LogP contribution in [-0.2, 0) is 14.3 Å². The zero-order valence-electron chi connectivity index (χ0n) is 7.86. The van der Waals surface area contributed by atoms with Gasteiger partial charge >= 0.3 is 5.97 Å². The number of nitrogens with zero attached hydrogens (tertiary/aromatic N) is 1. The third kappa shape index (κ3) is 4.05. The number of allylic oxidation sites excluding steroid dienone is 1. The monoisotopic (exact) mass is 185 g/mol. The average molecular weight is 185 g/mol. The molecule has 1 aliphatic rings. The number of carbonyl (C=O) groups excluding carboxylic acids is 1. The zero-order valence-corrected chi connectivity index (χ0v) is 7.86. The summed E-state index contributed by atoms with van der Waals surface area (Å²) in [5, 5.41) is 0. The molecular weight excluding hydrogens is 170 g/mol. The van der Waals surface area contributed by atoms with E-state index in [-0.39, 0.29) is 5.97 Å². The summed E-state index contributed by atoms with van der Waals surface area (Å²) in [7, 11) is 0. The minimum atomic E-state index is -0.275. The molecule has 0 radical (unpaired) electrons. The topological polar surface area (TPSA) is 38.8 Å². The van der Waals surface area contributed by atoms with Gasteiger partial charge in [0.1, 0.15) is 6.61 Å². The molecule has 1 heterocycles. The first-order chi connectivity index (χ1) is 6.33. The molecule has 0 saturated carbocycles. The van der Waals surface area contributed by atoms with Crippen molar-refractivity contribution in [1.82, 2.24) is 4.90 Å². The van der Waals surface area contributed by atoms with E-state index < -0.39 is 0 Å². The molecule has 0 aromatic rings. The maximum atomic E-state index is 10.9. The molecule has 0 aromatic heterocycles. The van der Waals surface area contributed by atoms with Crippen LogP contribution in [0.1, 0.15) is 6.92 Å². The quantitative estimate of drug-likeness (QED) is 0.469. The minimum Gasteiger partial charge on any atom is -0.461 e. The van der Waals surface area contributed by atoms with E-state index in [1.807, 2.05) is 0 Å². The number of carbonyl (C=O) groups is 1. The zero-order chi connectivity index (χ0) is 9.52. The molecule has 0 aliphatic carbocycles. The summed E-state index contributed by atoms with van der Waals surface area (Å²) in [4.78, 5) is 13.0. The SMILES string of the molecule is C/C=C/C(=O)OCCN1CCOC1. The van der Waals surface area contributed by atoms with Crippen molar-refractivity contribution in [2.75, 3.05) is 33.0 Å². The van der Waals surface area contributed by atoms with Gasteiger partial charge in [-0.15, -0.1) is 0 Å². The molecule has 0 atom stereocenters. The third-order valence-electron chi connectivity index (χ3n) is 1.78. The van der Waals surface area contributed by atoms with Crippen LogP contribution in [0.5, 0.6) is 0 Å². The van der Waals surface area contributed by atoms with Crippen molar-refractivity contribution in [3.63, 3.8) is 0 Å². The maximum absolute atomic E-state index is 10.9. The fraction of sp³-hybridized carbons (Fsp3) is 0.667. The lowest BCUT2D eigenvalue weighted by Gasteiger charge is -2.11. The molecule has 0 amide bonds.